The van der Waals surface area contributed by atoms with E-state index in [1.165, 1.54) is 14.1 Å². The lowest BCUT2D eigenvalue weighted by atomic mass is 10.3. The van der Waals surface area contributed by atoms with Crippen molar-refractivity contribution in [3.05, 3.63) is 41.4 Å². The standard InChI is InChI=1S/C10H8N4O6/c1-11-3-5(9(17)13(19)7(3)15)12(2)6-4(11)8(16)14(20)10(6)18/h19-20H,1-2H3/q+2. The van der Waals surface area contributed by atoms with Crippen LogP contribution in [0.15, 0.2) is 19.2 Å². The Labute approximate surface area is 107 Å². The minimum atomic E-state index is -1.01. The molecule has 0 radical (unpaired) electrons. The van der Waals surface area contributed by atoms with Gasteiger partial charge in [0, 0.05) is 0 Å². The fourth-order valence-electron chi connectivity index (χ4n) is 2.42. The van der Waals surface area contributed by atoms with Crippen LogP contribution in [0.3, 0.4) is 0 Å². The molecule has 102 valence electrons. The smallest absolute Gasteiger partial charge is 0.366 e. The molecule has 2 N–H and O–H groups in total. The molecule has 0 unspecified atom stereocenters. The average Bonchev–Trinajstić information content (AvgIpc) is 2.77. The Morgan fingerprint density at radius 2 is 0.850 bits per heavy atom. The summed E-state index contributed by atoms with van der Waals surface area (Å²) < 4.78 is 1.84. The first kappa shape index (κ1) is 12.0. The molecule has 20 heavy (non-hydrogen) atoms. The highest BCUT2D eigenvalue weighted by Gasteiger charge is 2.38. The molecular formula is C10H8N4O6+2. The summed E-state index contributed by atoms with van der Waals surface area (Å²) in [5, 5.41) is 18.7. The quantitative estimate of drug-likeness (QED) is 0.319. The van der Waals surface area contributed by atoms with Crippen molar-refractivity contribution in [2.45, 2.75) is 0 Å². The fourth-order valence-corrected chi connectivity index (χ4v) is 2.42. The molecular weight excluding hydrogens is 272 g/mol. The maximum absolute atomic E-state index is 11.8. The molecule has 3 aromatic rings. The molecule has 0 aliphatic carbocycles. The van der Waals surface area contributed by atoms with Crippen LogP contribution in [-0.4, -0.2) is 19.9 Å². The van der Waals surface area contributed by atoms with Crippen LogP contribution in [0.5, 0.6) is 0 Å². The van der Waals surface area contributed by atoms with E-state index in [4.69, 9.17) is 0 Å². The van der Waals surface area contributed by atoms with Gasteiger partial charge in [0.15, 0.2) is 0 Å². The maximum Gasteiger partial charge on any atom is 0.366 e. The first-order valence-electron chi connectivity index (χ1n) is 5.40. The van der Waals surface area contributed by atoms with Gasteiger partial charge < -0.3 is 10.4 Å². The zero-order valence-corrected chi connectivity index (χ0v) is 10.3. The number of aryl methyl sites for hydroxylation is 2. The third-order valence-corrected chi connectivity index (χ3v) is 3.37. The van der Waals surface area contributed by atoms with Gasteiger partial charge in [0.1, 0.15) is 14.1 Å². The molecule has 0 aliphatic rings. The largest absolute Gasteiger partial charge is 0.422 e. The Bertz CT molecular complexity index is 941. The molecule has 10 nitrogen and oxygen atoms in total. The second kappa shape index (κ2) is 3.29. The van der Waals surface area contributed by atoms with Crippen LogP contribution < -0.4 is 31.4 Å². The van der Waals surface area contributed by atoms with E-state index in [2.05, 4.69) is 0 Å². The van der Waals surface area contributed by atoms with Crippen LogP contribution in [0.4, 0.5) is 0 Å². The van der Waals surface area contributed by atoms with E-state index in [1.54, 1.807) is 0 Å². The minimum Gasteiger partial charge on any atom is -0.422 e. The summed E-state index contributed by atoms with van der Waals surface area (Å²) in [6, 6.07) is 0. The Hall–Kier alpha value is -3.04. The number of nitrogens with zero attached hydrogens (tertiary/aromatic N) is 4. The Balaban J connectivity index is 2.94. The van der Waals surface area contributed by atoms with E-state index < -0.39 is 22.2 Å². The van der Waals surface area contributed by atoms with E-state index in [9.17, 15) is 29.6 Å². The maximum atomic E-state index is 11.8. The summed E-state index contributed by atoms with van der Waals surface area (Å²) in [6.07, 6.45) is 0. The molecule has 3 rings (SSSR count). The van der Waals surface area contributed by atoms with Gasteiger partial charge in [-0.1, -0.05) is 9.46 Å². The monoisotopic (exact) mass is 280 g/mol. The van der Waals surface area contributed by atoms with E-state index in [-0.39, 0.29) is 31.5 Å². The lowest BCUT2D eigenvalue weighted by Crippen LogP contribution is -2.45. The van der Waals surface area contributed by atoms with E-state index >= 15 is 0 Å². The van der Waals surface area contributed by atoms with Crippen molar-refractivity contribution in [3.63, 3.8) is 0 Å². The van der Waals surface area contributed by atoms with Gasteiger partial charge in [-0.05, 0) is 0 Å². The predicted molar refractivity (Wildman–Crippen MR) is 61.6 cm³/mol. The fraction of sp³-hybridized carbons (Fsp3) is 0.200. The van der Waals surface area contributed by atoms with Gasteiger partial charge >= 0.3 is 44.3 Å². The third-order valence-electron chi connectivity index (χ3n) is 3.37. The van der Waals surface area contributed by atoms with Gasteiger partial charge in [0.25, 0.3) is 0 Å². The first-order chi connectivity index (χ1) is 9.29. The zero-order chi connectivity index (χ0) is 14.9. The summed E-state index contributed by atoms with van der Waals surface area (Å²) in [5.41, 5.74) is -5.01. The van der Waals surface area contributed by atoms with Gasteiger partial charge in [-0.15, -0.1) is 0 Å². The van der Waals surface area contributed by atoms with Gasteiger partial charge in [-0.25, -0.2) is 0 Å². The molecule has 0 saturated heterocycles. The molecule has 0 fully saturated rings. The Kier molecular flexibility index (Phi) is 1.98. The van der Waals surface area contributed by atoms with Crippen molar-refractivity contribution in [1.82, 2.24) is 9.46 Å². The van der Waals surface area contributed by atoms with Gasteiger partial charge in [0.2, 0.25) is 0 Å². The molecule has 3 heterocycles. The zero-order valence-electron chi connectivity index (χ0n) is 10.3. The molecule has 0 atom stereocenters. The van der Waals surface area contributed by atoms with Crippen LogP contribution in [0, 0.1) is 0 Å². The van der Waals surface area contributed by atoms with E-state index in [0.29, 0.717) is 0 Å². The minimum absolute atomic E-state index is 0.0918. The van der Waals surface area contributed by atoms with Crippen LogP contribution in [0.25, 0.3) is 22.1 Å². The molecule has 0 aromatic carbocycles. The van der Waals surface area contributed by atoms with Crippen LogP contribution >= 0.6 is 0 Å². The summed E-state index contributed by atoms with van der Waals surface area (Å²) in [6.45, 7) is 0. The van der Waals surface area contributed by atoms with Crippen LogP contribution in [0.2, 0.25) is 0 Å². The van der Waals surface area contributed by atoms with Gasteiger partial charge in [0.05, 0.1) is 0 Å². The molecule has 0 bridgehead atoms. The van der Waals surface area contributed by atoms with Crippen molar-refractivity contribution in [3.8, 4) is 0 Å². The van der Waals surface area contributed by atoms with E-state index in [0.717, 1.165) is 9.13 Å². The molecule has 0 saturated carbocycles. The predicted octanol–water partition coefficient (Wildman–Crippen LogP) is -3.96. The lowest BCUT2D eigenvalue weighted by molar-refractivity contribution is -0.658. The average molecular weight is 280 g/mol. The highest BCUT2D eigenvalue weighted by atomic mass is 16.5. The Morgan fingerprint density at radius 1 is 0.650 bits per heavy atom. The van der Waals surface area contributed by atoms with Crippen LogP contribution in [-0.2, 0) is 14.1 Å². The van der Waals surface area contributed by atoms with Crippen molar-refractivity contribution in [2.75, 3.05) is 0 Å². The van der Waals surface area contributed by atoms with Crippen LogP contribution in [0.1, 0.15) is 0 Å². The van der Waals surface area contributed by atoms with Crippen molar-refractivity contribution in [2.24, 2.45) is 14.1 Å². The molecule has 3 aromatic heterocycles. The normalized spacial score (nSPS) is 11.7. The number of rotatable bonds is 0. The van der Waals surface area contributed by atoms with Gasteiger partial charge in [-0.3, -0.25) is 19.2 Å². The number of hydrogen-bond donors (Lipinski definition) is 2. The molecule has 0 spiro atoms. The summed E-state index contributed by atoms with van der Waals surface area (Å²) in [4.78, 5) is 47.2. The third kappa shape index (κ3) is 1.04. The number of hydrogen-bond acceptors (Lipinski definition) is 6. The Morgan fingerprint density at radius 3 is 1.05 bits per heavy atom. The van der Waals surface area contributed by atoms with Crippen molar-refractivity contribution < 1.29 is 19.5 Å². The van der Waals surface area contributed by atoms with Crippen molar-refractivity contribution in [1.29, 1.82) is 0 Å². The van der Waals surface area contributed by atoms with E-state index in [1.807, 2.05) is 0 Å². The molecule has 10 heteroatoms. The number of aromatic nitrogens is 4. The lowest BCUT2D eigenvalue weighted by Gasteiger charge is -1.89. The topological polar surface area (TPSA) is 126 Å². The summed E-state index contributed by atoms with van der Waals surface area (Å²) in [5.74, 6) is 0. The highest BCUT2D eigenvalue weighted by Crippen LogP contribution is 2.00. The first-order valence-corrected chi connectivity index (χ1v) is 5.40. The molecule has 0 aliphatic heterocycles. The second-order valence-electron chi connectivity index (χ2n) is 4.36. The molecule has 0 amide bonds. The van der Waals surface area contributed by atoms with Crippen molar-refractivity contribution >= 4 is 22.1 Å². The SMILES string of the molecule is C[n+]1c2c(=O)n(O)c(=O)c2[n+](C)c2c(=O)n(O)c(=O)c21. The number of fused-ring (bicyclic) bond motifs is 2. The summed E-state index contributed by atoms with van der Waals surface area (Å²) >= 11 is 0. The summed E-state index contributed by atoms with van der Waals surface area (Å²) in [7, 11) is 2.57. The highest BCUT2D eigenvalue weighted by molar-refractivity contribution is 5.75. The second-order valence-corrected chi connectivity index (χ2v) is 4.36. The van der Waals surface area contributed by atoms with Gasteiger partial charge in [-0.2, -0.15) is 9.13 Å².